The molecule has 4 nitrogen and oxygen atoms in total. The second kappa shape index (κ2) is 5.09. The summed E-state index contributed by atoms with van der Waals surface area (Å²) >= 11 is 0. The lowest BCUT2D eigenvalue weighted by Gasteiger charge is -2.05. The van der Waals surface area contributed by atoms with E-state index in [2.05, 4.69) is 11.9 Å². The first-order valence-corrected chi connectivity index (χ1v) is 4.44. The van der Waals surface area contributed by atoms with Gasteiger partial charge in [-0.25, -0.2) is 4.39 Å². The SMILES string of the molecule is C=CCCNc1ccc(F)cc1[N+](=O)[O-]. The molecule has 0 spiro atoms. The van der Waals surface area contributed by atoms with Gasteiger partial charge in [-0.15, -0.1) is 6.58 Å². The number of halogens is 1. The summed E-state index contributed by atoms with van der Waals surface area (Å²) in [6, 6.07) is 3.44. The van der Waals surface area contributed by atoms with Crippen molar-refractivity contribution in [3.63, 3.8) is 0 Å². The van der Waals surface area contributed by atoms with Gasteiger partial charge in [0.15, 0.2) is 0 Å². The molecule has 0 saturated carbocycles. The molecule has 0 unspecified atom stereocenters. The average molecular weight is 210 g/mol. The van der Waals surface area contributed by atoms with E-state index >= 15 is 0 Å². The Hall–Kier alpha value is -1.91. The molecule has 80 valence electrons. The average Bonchev–Trinajstić information content (AvgIpc) is 2.20. The summed E-state index contributed by atoms with van der Waals surface area (Å²) in [6.45, 7) is 4.07. The Labute approximate surface area is 86.6 Å². The van der Waals surface area contributed by atoms with E-state index in [1.165, 1.54) is 12.1 Å². The van der Waals surface area contributed by atoms with Gasteiger partial charge in [-0.05, 0) is 18.6 Å². The Morgan fingerprint density at radius 3 is 2.93 bits per heavy atom. The molecule has 0 aliphatic carbocycles. The van der Waals surface area contributed by atoms with Crippen molar-refractivity contribution in [3.05, 3.63) is 46.8 Å². The lowest BCUT2D eigenvalue weighted by atomic mass is 10.2. The highest BCUT2D eigenvalue weighted by molar-refractivity contribution is 5.61. The van der Waals surface area contributed by atoms with Crippen LogP contribution >= 0.6 is 0 Å². The third-order valence-electron chi connectivity index (χ3n) is 1.82. The minimum Gasteiger partial charge on any atom is -0.379 e. The predicted molar refractivity (Wildman–Crippen MR) is 56.4 cm³/mol. The van der Waals surface area contributed by atoms with Crippen LogP contribution in [0.15, 0.2) is 30.9 Å². The van der Waals surface area contributed by atoms with E-state index in [0.29, 0.717) is 18.7 Å². The fraction of sp³-hybridized carbons (Fsp3) is 0.200. The minimum atomic E-state index is -0.615. The highest BCUT2D eigenvalue weighted by Crippen LogP contribution is 2.24. The molecule has 5 heteroatoms. The van der Waals surface area contributed by atoms with Crippen LogP contribution in [0.5, 0.6) is 0 Å². The van der Waals surface area contributed by atoms with Crippen LogP contribution in [0.25, 0.3) is 0 Å². The predicted octanol–water partition coefficient (Wildman–Crippen LogP) is 2.72. The number of nitrogens with zero attached hydrogens (tertiary/aromatic N) is 1. The Kier molecular flexibility index (Phi) is 3.79. The van der Waals surface area contributed by atoms with Gasteiger partial charge in [0.1, 0.15) is 11.5 Å². The van der Waals surface area contributed by atoms with E-state index in [1.807, 2.05) is 0 Å². The van der Waals surface area contributed by atoms with Gasteiger partial charge in [0.05, 0.1) is 11.0 Å². The molecular weight excluding hydrogens is 199 g/mol. The Morgan fingerprint density at radius 1 is 1.60 bits per heavy atom. The molecule has 0 radical (unpaired) electrons. The number of nitro benzene ring substituents is 1. The zero-order chi connectivity index (χ0) is 11.3. The third kappa shape index (κ3) is 3.05. The van der Waals surface area contributed by atoms with Gasteiger partial charge in [-0.3, -0.25) is 10.1 Å². The van der Waals surface area contributed by atoms with Crippen LogP contribution in [0, 0.1) is 15.9 Å². The summed E-state index contributed by atoms with van der Waals surface area (Å²) in [5.74, 6) is -0.615. The number of rotatable bonds is 5. The molecule has 1 aromatic rings. The van der Waals surface area contributed by atoms with E-state index in [4.69, 9.17) is 0 Å². The molecule has 0 saturated heterocycles. The summed E-state index contributed by atoms with van der Waals surface area (Å²) in [4.78, 5) is 9.97. The molecular formula is C10H11FN2O2. The molecule has 0 heterocycles. The largest absolute Gasteiger partial charge is 0.379 e. The fourth-order valence-corrected chi connectivity index (χ4v) is 1.11. The van der Waals surface area contributed by atoms with Crippen LogP contribution in [0.1, 0.15) is 6.42 Å². The minimum absolute atomic E-state index is 0.251. The van der Waals surface area contributed by atoms with Crippen LogP contribution in [0.2, 0.25) is 0 Å². The monoisotopic (exact) mass is 210 g/mol. The van der Waals surface area contributed by atoms with Crippen LogP contribution < -0.4 is 5.32 Å². The lowest BCUT2D eigenvalue weighted by Crippen LogP contribution is -2.03. The quantitative estimate of drug-likeness (QED) is 0.352. The van der Waals surface area contributed by atoms with Crippen molar-refractivity contribution in [2.45, 2.75) is 6.42 Å². The summed E-state index contributed by atoms with van der Waals surface area (Å²) in [7, 11) is 0. The number of nitrogens with one attached hydrogen (secondary N) is 1. The number of nitro groups is 1. The van der Waals surface area contributed by atoms with Crippen LogP contribution in [0.3, 0.4) is 0 Å². The van der Waals surface area contributed by atoms with Crippen molar-refractivity contribution < 1.29 is 9.31 Å². The molecule has 15 heavy (non-hydrogen) atoms. The molecule has 0 atom stereocenters. The van der Waals surface area contributed by atoms with Crippen molar-refractivity contribution in [2.75, 3.05) is 11.9 Å². The molecule has 0 aromatic heterocycles. The maximum atomic E-state index is 12.7. The van der Waals surface area contributed by atoms with E-state index < -0.39 is 10.7 Å². The van der Waals surface area contributed by atoms with Gasteiger partial charge >= 0.3 is 0 Å². The molecule has 0 aliphatic rings. The van der Waals surface area contributed by atoms with Crippen molar-refractivity contribution in [1.82, 2.24) is 0 Å². The molecule has 0 bridgehead atoms. The summed E-state index contributed by atoms with van der Waals surface area (Å²) in [5, 5.41) is 13.4. The van der Waals surface area contributed by atoms with Crippen LogP contribution in [-0.2, 0) is 0 Å². The van der Waals surface area contributed by atoms with E-state index in [-0.39, 0.29) is 5.69 Å². The van der Waals surface area contributed by atoms with Crippen molar-refractivity contribution in [3.8, 4) is 0 Å². The molecule has 0 aliphatic heterocycles. The standard InChI is InChI=1S/C10H11FN2O2/c1-2-3-6-12-9-5-4-8(11)7-10(9)13(14)15/h2,4-5,7,12H,1,3,6H2. The maximum Gasteiger partial charge on any atom is 0.295 e. The molecule has 0 fully saturated rings. The highest BCUT2D eigenvalue weighted by Gasteiger charge is 2.13. The van der Waals surface area contributed by atoms with E-state index in [1.54, 1.807) is 6.08 Å². The van der Waals surface area contributed by atoms with Crippen molar-refractivity contribution in [2.24, 2.45) is 0 Å². The van der Waals surface area contributed by atoms with Gasteiger partial charge in [0, 0.05) is 6.54 Å². The summed E-state index contributed by atoms with van der Waals surface area (Å²) < 4.78 is 12.7. The van der Waals surface area contributed by atoms with Crippen LogP contribution in [0.4, 0.5) is 15.8 Å². The fourth-order valence-electron chi connectivity index (χ4n) is 1.11. The second-order valence-electron chi connectivity index (χ2n) is 2.92. The summed E-state index contributed by atoms with van der Waals surface area (Å²) in [6.07, 6.45) is 2.39. The number of anilines is 1. The van der Waals surface area contributed by atoms with Gasteiger partial charge in [-0.2, -0.15) is 0 Å². The zero-order valence-corrected chi connectivity index (χ0v) is 8.07. The Morgan fingerprint density at radius 2 is 2.33 bits per heavy atom. The van der Waals surface area contributed by atoms with Crippen molar-refractivity contribution >= 4 is 11.4 Å². The Balaban J connectivity index is 2.85. The first-order chi connectivity index (χ1) is 7.15. The van der Waals surface area contributed by atoms with Gasteiger partial charge in [0.25, 0.3) is 5.69 Å². The number of hydrogen-bond acceptors (Lipinski definition) is 3. The molecule has 1 N–H and O–H groups in total. The third-order valence-corrected chi connectivity index (χ3v) is 1.82. The van der Waals surface area contributed by atoms with Gasteiger partial charge in [-0.1, -0.05) is 6.08 Å². The topological polar surface area (TPSA) is 55.2 Å². The smallest absolute Gasteiger partial charge is 0.295 e. The zero-order valence-electron chi connectivity index (χ0n) is 8.07. The van der Waals surface area contributed by atoms with E-state index in [0.717, 1.165) is 6.07 Å². The van der Waals surface area contributed by atoms with Gasteiger partial charge < -0.3 is 5.32 Å². The normalized spacial score (nSPS) is 9.67. The number of benzene rings is 1. The molecule has 1 rings (SSSR count). The maximum absolute atomic E-state index is 12.7. The lowest BCUT2D eigenvalue weighted by molar-refractivity contribution is -0.384. The molecule has 1 aromatic carbocycles. The number of hydrogen-bond donors (Lipinski definition) is 1. The summed E-state index contributed by atoms with van der Waals surface area (Å²) in [5.41, 5.74) is 0.0716. The highest BCUT2D eigenvalue weighted by atomic mass is 19.1. The van der Waals surface area contributed by atoms with Crippen LogP contribution in [-0.4, -0.2) is 11.5 Å². The van der Waals surface area contributed by atoms with Gasteiger partial charge in [0.2, 0.25) is 0 Å². The second-order valence-corrected chi connectivity index (χ2v) is 2.92. The van der Waals surface area contributed by atoms with E-state index in [9.17, 15) is 14.5 Å². The Bertz CT molecular complexity index is 380. The molecule has 0 amide bonds. The van der Waals surface area contributed by atoms with Crippen molar-refractivity contribution in [1.29, 1.82) is 0 Å². The first-order valence-electron chi connectivity index (χ1n) is 4.44. The first kappa shape index (κ1) is 11.2.